The summed E-state index contributed by atoms with van der Waals surface area (Å²) in [7, 11) is 1.49. The molecule has 3 heterocycles. The van der Waals surface area contributed by atoms with Crippen LogP contribution in [0.25, 0.3) is 22.7 Å². The topological polar surface area (TPSA) is 104 Å². The molecule has 2 aliphatic rings. The number of ether oxygens (including phenoxy) is 1. The van der Waals surface area contributed by atoms with Crippen LogP contribution in [-0.2, 0) is 12.1 Å². The first kappa shape index (κ1) is 29.6. The number of methoxy groups -OCH3 is 1. The van der Waals surface area contributed by atoms with Gasteiger partial charge in [-0.2, -0.15) is 5.26 Å². The summed E-state index contributed by atoms with van der Waals surface area (Å²) >= 11 is 13.8. The molecule has 0 saturated carbocycles. The van der Waals surface area contributed by atoms with E-state index in [0.29, 0.717) is 52.6 Å². The maximum absolute atomic E-state index is 13.8. The van der Waals surface area contributed by atoms with Crippen LogP contribution in [-0.4, -0.2) is 52.5 Å². The Morgan fingerprint density at radius 3 is 2.84 bits per heavy atom. The van der Waals surface area contributed by atoms with Crippen molar-refractivity contribution in [1.29, 1.82) is 5.26 Å². The van der Waals surface area contributed by atoms with Crippen molar-refractivity contribution < 1.29 is 18.3 Å². The third-order valence-corrected chi connectivity index (χ3v) is 8.63. The van der Waals surface area contributed by atoms with E-state index in [2.05, 4.69) is 22.9 Å². The summed E-state index contributed by atoms with van der Waals surface area (Å²) in [6.45, 7) is 4.88. The summed E-state index contributed by atoms with van der Waals surface area (Å²) < 4.78 is 25.1. The molecular formula is C33H26Cl2FN5O3. The van der Waals surface area contributed by atoms with Crippen LogP contribution >= 0.6 is 23.2 Å². The van der Waals surface area contributed by atoms with Crippen molar-refractivity contribution in [1.82, 2.24) is 20.2 Å². The number of hydrogen-bond acceptors (Lipinski definition) is 7. The second-order valence-corrected chi connectivity index (χ2v) is 11.4. The van der Waals surface area contributed by atoms with Crippen molar-refractivity contribution >= 4 is 51.9 Å². The molecule has 2 unspecified atom stereocenters. The van der Waals surface area contributed by atoms with Gasteiger partial charge in [-0.1, -0.05) is 54.6 Å². The smallest absolute Gasteiger partial charge is 0.271 e. The van der Waals surface area contributed by atoms with E-state index in [1.807, 2.05) is 29.2 Å². The van der Waals surface area contributed by atoms with Crippen LogP contribution < -0.4 is 10.1 Å². The quantitative estimate of drug-likeness (QED) is 0.224. The van der Waals surface area contributed by atoms with Crippen molar-refractivity contribution in [3.63, 3.8) is 0 Å². The Labute approximate surface area is 263 Å². The number of halogens is 3. The second kappa shape index (κ2) is 11.9. The number of hydrogen-bond donors (Lipinski definition) is 1. The Morgan fingerprint density at radius 2 is 2.14 bits per heavy atom. The maximum Gasteiger partial charge on any atom is 0.271 e. The number of alkyl halides is 2. The second-order valence-electron chi connectivity index (χ2n) is 10.6. The number of nitrogens with zero attached hydrogens (tertiary/aromatic N) is 4. The zero-order valence-electron chi connectivity index (χ0n) is 23.6. The zero-order chi connectivity index (χ0) is 31.0. The lowest BCUT2D eigenvalue weighted by Crippen LogP contribution is -2.52. The number of nitriles is 1. The first-order valence-corrected chi connectivity index (χ1v) is 14.6. The highest BCUT2D eigenvalue weighted by atomic mass is 35.5. The molecule has 1 fully saturated rings. The van der Waals surface area contributed by atoms with Gasteiger partial charge in [0, 0.05) is 42.5 Å². The van der Waals surface area contributed by atoms with Crippen molar-refractivity contribution in [3.05, 3.63) is 112 Å². The van der Waals surface area contributed by atoms with E-state index in [-0.39, 0.29) is 22.7 Å². The Balaban J connectivity index is 1.46. The van der Waals surface area contributed by atoms with Gasteiger partial charge in [-0.05, 0) is 41.0 Å². The Kier molecular flexibility index (Phi) is 7.99. The molecule has 4 aromatic rings. The molecule has 44 heavy (non-hydrogen) atoms. The van der Waals surface area contributed by atoms with Crippen molar-refractivity contribution in [3.8, 4) is 11.8 Å². The van der Waals surface area contributed by atoms with Crippen LogP contribution in [0, 0.1) is 11.3 Å². The SMILES string of the molecule is C=Cc1cnc(C(=O)NC2(c3nc4cc(CN5CC(F)C5)cc(C#N)c4o3)C=CC=C(c3ccccc3Cl)C2Cl)cc1OC. The fourth-order valence-electron chi connectivity index (χ4n) is 5.47. The van der Waals surface area contributed by atoms with Gasteiger partial charge in [-0.15, -0.1) is 11.6 Å². The number of carbonyl (C=O) groups excluding carboxylic acids is 1. The summed E-state index contributed by atoms with van der Waals surface area (Å²) in [4.78, 5) is 24.9. The molecule has 2 aromatic carbocycles. The Hall–Kier alpha value is -4.49. The molecule has 11 heteroatoms. The number of amides is 1. The predicted molar refractivity (Wildman–Crippen MR) is 167 cm³/mol. The van der Waals surface area contributed by atoms with Crippen molar-refractivity contribution in [2.45, 2.75) is 23.6 Å². The maximum atomic E-state index is 13.8. The molecule has 0 radical (unpaired) electrons. The average Bonchev–Trinajstić information content (AvgIpc) is 3.46. The molecule has 1 amide bonds. The number of carbonyl (C=O) groups is 1. The summed E-state index contributed by atoms with van der Waals surface area (Å²) in [6, 6.07) is 14.4. The third kappa shape index (κ3) is 5.26. The molecule has 0 spiro atoms. The summed E-state index contributed by atoms with van der Waals surface area (Å²) in [6.07, 6.45) is 7.47. The third-order valence-electron chi connectivity index (χ3n) is 7.72. The van der Waals surface area contributed by atoms with Crippen LogP contribution in [0.2, 0.25) is 5.02 Å². The molecule has 1 aliphatic carbocycles. The van der Waals surface area contributed by atoms with Crippen LogP contribution in [0.3, 0.4) is 0 Å². The number of aromatic nitrogens is 2. The first-order valence-electron chi connectivity index (χ1n) is 13.7. The molecule has 1 aliphatic heterocycles. The van der Waals surface area contributed by atoms with Gasteiger partial charge >= 0.3 is 0 Å². The minimum absolute atomic E-state index is 0.0610. The zero-order valence-corrected chi connectivity index (χ0v) is 25.1. The van der Waals surface area contributed by atoms with E-state index in [0.717, 1.165) is 5.56 Å². The monoisotopic (exact) mass is 629 g/mol. The van der Waals surface area contributed by atoms with Crippen LogP contribution in [0.5, 0.6) is 5.75 Å². The number of allylic oxidation sites excluding steroid dienone is 2. The number of rotatable bonds is 8. The molecule has 1 saturated heterocycles. The number of fused-ring (bicyclic) bond motifs is 1. The van der Waals surface area contributed by atoms with Crippen molar-refractivity contribution in [2.24, 2.45) is 0 Å². The lowest BCUT2D eigenvalue weighted by Gasteiger charge is -2.36. The van der Waals surface area contributed by atoms with Gasteiger partial charge in [0.25, 0.3) is 5.91 Å². The van der Waals surface area contributed by atoms with E-state index in [1.54, 1.807) is 36.4 Å². The van der Waals surface area contributed by atoms with Gasteiger partial charge in [-0.25, -0.2) is 9.37 Å². The highest BCUT2D eigenvalue weighted by molar-refractivity contribution is 6.34. The highest BCUT2D eigenvalue weighted by Gasteiger charge is 2.47. The minimum atomic E-state index is -1.53. The number of likely N-dealkylation sites (tertiary alicyclic amines) is 1. The van der Waals surface area contributed by atoms with Gasteiger partial charge in [0.2, 0.25) is 5.89 Å². The van der Waals surface area contributed by atoms with Gasteiger partial charge in [-0.3, -0.25) is 14.7 Å². The fourth-order valence-corrected chi connectivity index (χ4v) is 6.12. The first-order chi connectivity index (χ1) is 21.3. The lowest BCUT2D eigenvalue weighted by atomic mass is 9.82. The summed E-state index contributed by atoms with van der Waals surface area (Å²) in [5, 5.41) is 12.5. The van der Waals surface area contributed by atoms with E-state index in [9.17, 15) is 14.4 Å². The Bertz CT molecular complexity index is 1890. The number of benzene rings is 2. The van der Waals surface area contributed by atoms with E-state index in [1.165, 1.54) is 19.4 Å². The van der Waals surface area contributed by atoms with Gasteiger partial charge in [0.05, 0.1) is 18.1 Å². The molecule has 2 aromatic heterocycles. The molecule has 6 rings (SSSR count). The standard InChI is InChI=1S/C33H26Cl2FN5O3/c1-3-20-15-38-27(13-28(20)43-2)31(42)40-33(10-6-8-24(30(33)35)23-7-4-5-9-25(23)34)32-39-26-12-19(16-41-17-22(36)18-41)11-21(14-37)29(26)44-32/h3-13,15,22,30H,1,16-18H2,2H3,(H,40,42). The largest absolute Gasteiger partial charge is 0.496 e. The average molecular weight is 631 g/mol. The van der Waals surface area contributed by atoms with Crippen LogP contribution in [0.15, 0.2) is 77.9 Å². The predicted octanol–water partition coefficient (Wildman–Crippen LogP) is 6.44. The van der Waals surface area contributed by atoms with Crippen LogP contribution in [0.1, 0.15) is 38.6 Å². The lowest BCUT2D eigenvalue weighted by molar-refractivity contribution is 0.0591. The molecule has 2 atom stereocenters. The van der Waals surface area contributed by atoms with Crippen LogP contribution in [0.4, 0.5) is 4.39 Å². The summed E-state index contributed by atoms with van der Waals surface area (Å²) in [5.41, 5.74) is 2.14. The molecule has 222 valence electrons. The Morgan fingerprint density at radius 1 is 1.34 bits per heavy atom. The van der Waals surface area contributed by atoms with Crippen molar-refractivity contribution in [2.75, 3.05) is 20.2 Å². The fraction of sp³-hybridized carbons (Fsp3) is 0.212. The van der Waals surface area contributed by atoms with Gasteiger partial charge in [0.15, 0.2) is 11.1 Å². The molecule has 0 bridgehead atoms. The minimum Gasteiger partial charge on any atom is -0.496 e. The normalized spacial score (nSPS) is 20.1. The number of nitrogens with one attached hydrogen (secondary N) is 1. The molecule has 1 N–H and O–H groups in total. The summed E-state index contributed by atoms with van der Waals surface area (Å²) in [5.74, 6) is -0.0933. The highest BCUT2D eigenvalue weighted by Crippen LogP contribution is 2.44. The van der Waals surface area contributed by atoms with E-state index >= 15 is 0 Å². The van der Waals surface area contributed by atoms with E-state index < -0.39 is 23.0 Å². The molecule has 8 nitrogen and oxygen atoms in total. The van der Waals surface area contributed by atoms with Gasteiger partial charge in [0.1, 0.15) is 29.2 Å². The number of oxazole rings is 1. The molecular weight excluding hydrogens is 604 g/mol. The van der Waals surface area contributed by atoms with E-state index in [4.69, 9.17) is 37.3 Å². The number of pyridine rings is 1. The van der Waals surface area contributed by atoms with Gasteiger partial charge < -0.3 is 14.5 Å².